The Balaban J connectivity index is 1.87. The van der Waals surface area contributed by atoms with Gasteiger partial charge < -0.3 is 5.32 Å². The summed E-state index contributed by atoms with van der Waals surface area (Å²) in [5, 5.41) is 3.10. The Morgan fingerprint density at radius 3 is 2.36 bits per heavy atom. The Bertz CT molecular complexity index is 466. The molecule has 1 aliphatic heterocycles. The molecule has 0 aliphatic carbocycles. The molecule has 1 saturated heterocycles. The van der Waals surface area contributed by atoms with Crippen molar-refractivity contribution in [3.63, 3.8) is 0 Å². The quantitative estimate of drug-likeness (QED) is 0.782. The first-order chi connectivity index (χ1) is 10.6. The van der Waals surface area contributed by atoms with E-state index in [4.69, 9.17) is 0 Å². The molecular weight excluding hydrogens is 310 g/mol. The van der Waals surface area contributed by atoms with Gasteiger partial charge in [-0.2, -0.15) is 0 Å². The summed E-state index contributed by atoms with van der Waals surface area (Å²) in [6, 6.07) is 8.40. The van der Waals surface area contributed by atoms with E-state index in [2.05, 4.69) is 38.2 Å². The second kappa shape index (κ2) is 8.88. The molecule has 0 radical (unpaired) electrons. The van der Waals surface area contributed by atoms with E-state index in [1.54, 1.807) is 0 Å². The summed E-state index contributed by atoms with van der Waals surface area (Å²) in [6.07, 6.45) is 3.49. The first-order valence-electron chi connectivity index (χ1n) is 8.20. The largest absolute Gasteiger partial charge is 0.350 e. The minimum absolute atomic E-state index is 0.0479. The van der Waals surface area contributed by atoms with E-state index in [-0.39, 0.29) is 11.9 Å². The number of benzene rings is 1. The SMILES string of the molecule is CC(C)CCC(C)NC(=O)c1ccc(C2SCCCS2)cc1. The molecule has 1 heterocycles. The molecule has 2 nitrogen and oxygen atoms in total. The Kier molecular flexibility index (Phi) is 7.16. The van der Waals surface area contributed by atoms with E-state index in [9.17, 15) is 4.79 Å². The Hall–Kier alpha value is -0.610. The molecular formula is C18H27NOS2. The molecule has 0 saturated carbocycles. The van der Waals surface area contributed by atoms with Gasteiger partial charge in [0.05, 0.1) is 4.58 Å². The van der Waals surface area contributed by atoms with Gasteiger partial charge in [0.25, 0.3) is 5.91 Å². The molecule has 0 spiro atoms. The zero-order valence-electron chi connectivity index (χ0n) is 13.8. The zero-order chi connectivity index (χ0) is 15.9. The van der Waals surface area contributed by atoms with Crippen molar-refractivity contribution in [2.45, 2.75) is 50.7 Å². The third-order valence-corrected chi connectivity index (χ3v) is 6.84. The van der Waals surface area contributed by atoms with Crippen LogP contribution < -0.4 is 5.32 Å². The molecule has 1 aromatic carbocycles. The standard InChI is InChI=1S/C18H27NOS2/c1-13(2)5-6-14(3)19-17(20)15-7-9-16(10-8-15)18-21-11-4-12-22-18/h7-10,13-14,18H,4-6,11-12H2,1-3H3,(H,19,20). The lowest BCUT2D eigenvalue weighted by atomic mass is 10.0. The molecule has 1 amide bonds. The second-order valence-corrected chi connectivity index (χ2v) is 9.12. The summed E-state index contributed by atoms with van der Waals surface area (Å²) in [5.74, 6) is 3.22. The summed E-state index contributed by atoms with van der Waals surface area (Å²) in [6.45, 7) is 6.52. The third-order valence-electron chi connectivity index (χ3n) is 3.83. The van der Waals surface area contributed by atoms with Crippen LogP contribution in [0.15, 0.2) is 24.3 Å². The van der Waals surface area contributed by atoms with Crippen LogP contribution in [0.3, 0.4) is 0 Å². The summed E-state index contributed by atoms with van der Waals surface area (Å²) >= 11 is 4.03. The lowest BCUT2D eigenvalue weighted by Crippen LogP contribution is -2.32. The van der Waals surface area contributed by atoms with Gasteiger partial charge >= 0.3 is 0 Å². The Morgan fingerprint density at radius 1 is 1.14 bits per heavy atom. The van der Waals surface area contributed by atoms with Crippen LogP contribution in [0.2, 0.25) is 0 Å². The molecule has 1 unspecified atom stereocenters. The lowest BCUT2D eigenvalue weighted by Gasteiger charge is -2.21. The van der Waals surface area contributed by atoms with Crippen LogP contribution in [0.5, 0.6) is 0 Å². The van der Waals surface area contributed by atoms with Crippen LogP contribution in [0.4, 0.5) is 0 Å². The fourth-order valence-electron chi connectivity index (χ4n) is 2.43. The number of thioether (sulfide) groups is 2. The van der Waals surface area contributed by atoms with E-state index in [0.717, 1.165) is 18.4 Å². The van der Waals surface area contributed by atoms with Crippen molar-refractivity contribution in [1.82, 2.24) is 5.32 Å². The number of nitrogens with one attached hydrogen (secondary N) is 1. The topological polar surface area (TPSA) is 29.1 Å². The smallest absolute Gasteiger partial charge is 0.251 e. The molecule has 0 aromatic heterocycles. The van der Waals surface area contributed by atoms with Crippen molar-refractivity contribution in [3.8, 4) is 0 Å². The van der Waals surface area contributed by atoms with Crippen LogP contribution in [0.25, 0.3) is 0 Å². The van der Waals surface area contributed by atoms with E-state index in [1.165, 1.54) is 23.5 Å². The minimum atomic E-state index is 0.0479. The van der Waals surface area contributed by atoms with Gasteiger partial charge in [0.1, 0.15) is 0 Å². The molecule has 2 rings (SSSR count). The number of amides is 1. The minimum Gasteiger partial charge on any atom is -0.350 e. The van der Waals surface area contributed by atoms with Crippen LogP contribution in [0.1, 0.15) is 60.5 Å². The number of rotatable bonds is 6. The third kappa shape index (κ3) is 5.54. The molecule has 22 heavy (non-hydrogen) atoms. The van der Waals surface area contributed by atoms with Crippen molar-refractivity contribution in [3.05, 3.63) is 35.4 Å². The van der Waals surface area contributed by atoms with Crippen LogP contribution in [-0.2, 0) is 0 Å². The van der Waals surface area contributed by atoms with E-state index >= 15 is 0 Å². The van der Waals surface area contributed by atoms with Gasteiger partial charge in [-0.1, -0.05) is 26.0 Å². The number of hydrogen-bond acceptors (Lipinski definition) is 3. The molecule has 122 valence electrons. The van der Waals surface area contributed by atoms with Gasteiger partial charge in [0, 0.05) is 11.6 Å². The first kappa shape index (κ1) is 17.7. The number of carbonyl (C=O) groups excluding carboxylic acids is 1. The van der Waals surface area contributed by atoms with Gasteiger partial charge in [0.2, 0.25) is 0 Å². The number of carbonyl (C=O) groups is 1. The highest BCUT2D eigenvalue weighted by Gasteiger charge is 2.17. The Labute approximate surface area is 143 Å². The fraction of sp³-hybridized carbons (Fsp3) is 0.611. The molecule has 4 heteroatoms. The average Bonchev–Trinajstić information content (AvgIpc) is 2.54. The van der Waals surface area contributed by atoms with E-state index in [0.29, 0.717) is 10.5 Å². The van der Waals surface area contributed by atoms with E-state index < -0.39 is 0 Å². The molecule has 1 aromatic rings. The molecule has 1 atom stereocenters. The van der Waals surface area contributed by atoms with Crippen molar-refractivity contribution in [1.29, 1.82) is 0 Å². The van der Waals surface area contributed by atoms with Gasteiger partial charge in [-0.05, 0) is 61.3 Å². The van der Waals surface area contributed by atoms with Crippen molar-refractivity contribution < 1.29 is 4.79 Å². The summed E-state index contributed by atoms with van der Waals surface area (Å²) < 4.78 is 0.538. The highest BCUT2D eigenvalue weighted by atomic mass is 32.2. The number of hydrogen-bond donors (Lipinski definition) is 1. The van der Waals surface area contributed by atoms with Crippen LogP contribution in [-0.4, -0.2) is 23.5 Å². The molecule has 1 N–H and O–H groups in total. The zero-order valence-corrected chi connectivity index (χ0v) is 15.4. The highest BCUT2D eigenvalue weighted by molar-refractivity contribution is 8.16. The predicted molar refractivity (Wildman–Crippen MR) is 99.7 cm³/mol. The normalized spacial score (nSPS) is 17.5. The first-order valence-corrected chi connectivity index (χ1v) is 10.3. The van der Waals surface area contributed by atoms with Crippen LogP contribution >= 0.6 is 23.5 Å². The maximum absolute atomic E-state index is 12.3. The summed E-state index contributed by atoms with van der Waals surface area (Å²) in [7, 11) is 0. The summed E-state index contributed by atoms with van der Waals surface area (Å²) in [5.41, 5.74) is 2.10. The van der Waals surface area contributed by atoms with Gasteiger partial charge in [-0.25, -0.2) is 0 Å². The van der Waals surface area contributed by atoms with Crippen molar-refractivity contribution >= 4 is 29.4 Å². The van der Waals surface area contributed by atoms with Gasteiger partial charge in [-0.15, -0.1) is 23.5 Å². The van der Waals surface area contributed by atoms with Crippen molar-refractivity contribution in [2.24, 2.45) is 5.92 Å². The fourth-order valence-corrected chi connectivity index (χ4v) is 5.33. The lowest BCUT2D eigenvalue weighted by molar-refractivity contribution is 0.0937. The van der Waals surface area contributed by atoms with E-state index in [1.807, 2.05) is 35.7 Å². The van der Waals surface area contributed by atoms with Gasteiger partial charge in [-0.3, -0.25) is 4.79 Å². The van der Waals surface area contributed by atoms with Crippen molar-refractivity contribution in [2.75, 3.05) is 11.5 Å². The van der Waals surface area contributed by atoms with Crippen LogP contribution in [0, 0.1) is 5.92 Å². The highest BCUT2D eigenvalue weighted by Crippen LogP contribution is 2.43. The maximum Gasteiger partial charge on any atom is 0.251 e. The monoisotopic (exact) mass is 337 g/mol. The predicted octanol–water partition coefficient (Wildman–Crippen LogP) is 5.11. The summed E-state index contributed by atoms with van der Waals surface area (Å²) in [4.78, 5) is 12.3. The second-order valence-electron chi connectivity index (χ2n) is 6.39. The average molecular weight is 338 g/mol. The molecule has 0 bridgehead atoms. The maximum atomic E-state index is 12.3. The molecule has 1 aliphatic rings. The molecule has 1 fully saturated rings. The van der Waals surface area contributed by atoms with Gasteiger partial charge in [0.15, 0.2) is 0 Å². The Morgan fingerprint density at radius 2 is 1.77 bits per heavy atom.